The normalized spacial score (nSPS) is 10.7. The summed E-state index contributed by atoms with van der Waals surface area (Å²) in [6, 6.07) is 20.1. The summed E-state index contributed by atoms with van der Waals surface area (Å²) in [7, 11) is -3.88. The summed E-state index contributed by atoms with van der Waals surface area (Å²) in [5, 5.41) is 2.11. The van der Waals surface area contributed by atoms with Crippen LogP contribution in [0.3, 0.4) is 0 Å². The SMILES string of the molecule is C=CC[Si](C#Cc1[c]cc(C#C[Si](CC=C)(CC=C)CC=C)c2cc[c]cc12)(CC=C)CC=C. The first-order valence-electron chi connectivity index (χ1n) is 11.6. The van der Waals surface area contributed by atoms with E-state index < -0.39 is 16.1 Å². The van der Waals surface area contributed by atoms with E-state index in [0.717, 1.165) is 58.2 Å². The number of hydrogen-bond donors (Lipinski definition) is 0. The molecule has 0 N–H and O–H groups in total. The van der Waals surface area contributed by atoms with E-state index in [4.69, 9.17) is 0 Å². The highest BCUT2D eigenvalue weighted by Gasteiger charge is 2.28. The van der Waals surface area contributed by atoms with Crippen molar-refractivity contribution in [1.29, 1.82) is 0 Å². The van der Waals surface area contributed by atoms with E-state index >= 15 is 0 Å². The number of rotatable bonds is 12. The maximum Gasteiger partial charge on any atom is 0.149 e. The van der Waals surface area contributed by atoms with Crippen LogP contribution in [0.5, 0.6) is 0 Å². The molecule has 0 heterocycles. The molecule has 0 aliphatic heterocycles. The lowest BCUT2D eigenvalue weighted by Crippen LogP contribution is -2.30. The minimum atomic E-state index is -1.94. The Morgan fingerprint density at radius 2 is 1.12 bits per heavy atom. The van der Waals surface area contributed by atoms with Gasteiger partial charge < -0.3 is 0 Å². The van der Waals surface area contributed by atoms with Crippen molar-refractivity contribution in [3.63, 3.8) is 0 Å². The Labute approximate surface area is 209 Å². The topological polar surface area (TPSA) is 0 Å². The van der Waals surface area contributed by atoms with Crippen LogP contribution in [0, 0.1) is 35.1 Å². The molecule has 0 bridgehead atoms. The molecule has 0 saturated carbocycles. The van der Waals surface area contributed by atoms with Gasteiger partial charge in [0, 0.05) is 17.2 Å². The molecule has 0 amide bonds. The zero-order valence-corrected chi connectivity index (χ0v) is 22.3. The second-order valence-corrected chi connectivity index (χ2v) is 16.6. The summed E-state index contributed by atoms with van der Waals surface area (Å²) in [6.45, 7) is 23.8. The lowest BCUT2D eigenvalue weighted by Gasteiger charge is -2.21. The van der Waals surface area contributed by atoms with E-state index in [-0.39, 0.29) is 0 Å². The van der Waals surface area contributed by atoms with E-state index in [1.165, 1.54) is 0 Å². The Bertz CT molecular complexity index is 1040. The molecule has 0 aromatic heterocycles. The van der Waals surface area contributed by atoms with E-state index in [0.29, 0.717) is 0 Å². The van der Waals surface area contributed by atoms with Crippen molar-refractivity contribution < 1.29 is 0 Å². The van der Waals surface area contributed by atoms with Crippen molar-refractivity contribution >= 4 is 26.9 Å². The second-order valence-electron chi connectivity index (χ2n) is 8.57. The van der Waals surface area contributed by atoms with Crippen molar-refractivity contribution in [1.82, 2.24) is 0 Å². The van der Waals surface area contributed by atoms with Gasteiger partial charge in [-0.15, -0.1) is 50.6 Å². The van der Waals surface area contributed by atoms with E-state index in [1.54, 1.807) is 0 Å². The molecule has 0 saturated heterocycles. The Kier molecular flexibility index (Phi) is 10.6. The molecule has 2 aromatic carbocycles. The van der Waals surface area contributed by atoms with E-state index in [2.05, 4.69) is 80.6 Å². The van der Waals surface area contributed by atoms with Gasteiger partial charge in [0.15, 0.2) is 0 Å². The summed E-state index contributed by atoms with van der Waals surface area (Å²) in [5.74, 6) is 6.94. The molecule has 0 spiro atoms. The van der Waals surface area contributed by atoms with Crippen LogP contribution in [0.25, 0.3) is 10.8 Å². The Hall–Kier alpha value is -3.31. The van der Waals surface area contributed by atoms with Crippen LogP contribution in [-0.4, -0.2) is 16.1 Å². The molecule has 0 nitrogen and oxygen atoms in total. The van der Waals surface area contributed by atoms with Gasteiger partial charge in [0.2, 0.25) is 0 Å². The van der Waals surface area contributed by atoms with E-state index in [1.807, 2.05) is 54.7 Å². The highest BCUT2D eigenvalue weighted by atomic mass is 28.3. The number of hydrogen-bond acceptors (Lipinski definition) is 0. The van der Waals surface area contributed by atoms with Crippen LogP contribution >= 0.6 is 0 Å². The van der Waals surface area contributed by atoms with Gasteiger partial charge in [-0.2, -0.15) is 0 Å². The van der Waals surface area contributed by atoms with Crippen LogP contribution in [0.1, 0.15) is 11.1 Å². The van der Waals surface area contributed by atoms with Crippen LogP contribution in [0.4, 0.5) is 0 Å². The molecule has 0 unspecified atom stereocenters. The molecule has 170 valence electrons. The zero-order chi connectivity index (χ0) is 24.9. The Balaban J connectivity index is 2.62. The number of allylic oxidation sites excluding steroid dienone is 6. The van der Waals surface area contributed by atoms with Gasteiger partial charge in [0.25, 0.3) is 0 Å². The van der Waals surface area contributed by atoms with Crippen molar-refractivity contribution in [3.8, 4) is 22.9 Å². The maximum absolute atomic E-state index is 3.96. The van der Waals surface area contributed by atoms with Crippen LogP contribution < -0.4 is 0 Å². The van der Waals surface area contributed by atoms with Gasteiger partial charge in [-0.25, -0.2) is 0 Å². The van der Waals surface area contributed by atoms with Crippen molar-refractivity contribution in [2.24, 2.45) is 0 Å². The minimum Gasteiger partial charge on any atom is -0.125 e. The van der Waals surface area contributed by atoms with Crippen molar-refractivity contribution in [2.45, 2.75) is 36.3 Å². The van der Waals surface area contributed by atoms with E-state index in [9.17, 15) is 0 Å². The molecular weight excluding hydrogens is 441 g/mol. The predicted molar refractivity (Wildman–Crippen MR) is 157 cm³/mol. The first-order valence-corrected chi connectivity index (χ1v) is 16.8. The van der Waals surface area contributed by atoms with Gasteiger partial charge in [-0.1, -0.05) is 60.4 Å². The Morgan fingerprint density at radius 3 is 1.59 bits per heavy atom. The van der Waals surface area contributed by atoms with Gasteiger partial charge in [-0.05, 0) is 65.2 Å². The fraction of sp³-hybridized carbons (Fsp3) is 0.188. The van der Waals surface area contributed by atoms with Gasteiger partial charge in [0.1, 0.15) is 16.1 Å². The molecule has 2 heteroatoms. The average molecular weight is 475 g/mol. The Morgan fingerprint density at radius 1 is 0.647 bits per heavy atom. The predicted octanol–water partition coefficient (Wildman–Crippen LogP) is 8.24. The van der Waals surface area contributed by atoms with Crippen molar-refractivity contribution in [2.75, 3.05) is 0 Å². The fourth-order valence-corrected chi connectivity index (χ4v) is 9.96. The first-order chi connectivity index (χ1) is 16.5. The second kappa shape index (κ2) is 13.4. The minimum absolute atomic E-state index is 0.887. The molecule has 0 fully saturated rings. The third-order valence-corrected chi connectivity index (χ3v) is 13.6. The van der Waals surface area contributed by atoms with Gasteiger partial charge in [0.05, 0.1) is 0 Å². The third kappa shape index (κ3) is 6.85. The number of fused-ring (bicyclic) bond motifs is 1. The molecule has 0 atom stereocenters. The highest BCUT2D eigenvalue weighted by molar-refractivity contribution is 6.88. The molecular formula is C32H34Si2. The summed E-state index contributed by atoms with van der Waals surface area (Å²) < 4.78 is 0. The van der Waals surface area contributed by atoms with Crippen LogP contribution in [-0.2, 0) is 0 Å². The maximum atomic E-state index is 3.96. The summed E-state index contributed by atoms with van der Waals surface area (Å²) in [6.07, 6.45) is 11.9. The summed E-state index contributed by atoms with van der Waals surface area (Å²) >= 11 is 0. The monoisotopic (exact) mass is 474 g/mol. The van der Waals surface area contributed by atoms with Gasteiger partial charge >= 0.3 is 0 Å². The smallest absolute Gasteiger partial charge is 0.125 e. The number of benzene rings is 2. The average Bonchev–Trinajstić information content (AvgIpc) is 2.83. The first kappa shape index (κ1) is 26.9. The summed E-state index contributed by atoms with van der Waals surface area (Å²) in [5.41, 5.74) is 9.15. The highest BCUT2D eigenvalue weighted by Crippen LogP contribution is 2.26. The molecule has 0 aliphatic rings. The lowest BCUT2D eigenvalue weighted by molar-refractivity contribution is 1.40. The van der Waals surface area contributed by atoms with Crippen LogP contribution in [0.15, 0.2) is 100 Å². The molecule has 34 heavy (non-hydrogen) atoms. The molecule has 2 radical (unpaired) electrons. The lowest BCUT2D eigenvalue weighted by atomic mass is 10.0. The molecule has 2 rings (SSSR count). The quantitative estimate of drug-likeness (QED) is 0.165. The third-order valence-electron chi connectivity index (χ3n) is 5.91. The van der Waals surface area contributed by atoms with Crippen molar-refractivity contribution in [3.05, 3.63) is 123 Å². The zero-order valence-electron chi connectivity index (χ0n) is 20.3. The standard InChI is InChI=1S/C32H34Si2/c1-7-21-33(22-8-2,23-9-3)27-19-29-17-18-30(32-16-14-13-15-31(29)32)20-28-34(24-10-4,25-11-5)26-12-6/h7-13,15-17H,1-6,21-26H2. The molecule has 0 aliphatic carbocycles. The summed E-state index contributed by atoms with van der Waals surface area (Å²) in [4.78, 5) is 0. The fourth-order valence-electron chi connectivity index (χ4n) is 4.24. The largest absolute Gasteiger partial charge is 0.149 e. The van der Waals surface area contributed by atoms with Gasteiger partial charge in [-0.3, -0.25) is 0 Å². The molecule has 2 aromatic rings. The van der Waals surface area contributed by atoms with Crippen LogP contribution in [0.2, 0.25) is 36.3 Å².